The molecule has 0 bridgehead atoms. The zero-order chi connectivity index (χ0) is 12.3. The van der Waals surface area contributed by atoms with Crippen LogP contribution in [-0.4, -0.2) is 9.97 Å². The number of halogens is 1. The lowest BCUT2D eigenvalue weighted by molar-refractivity contribution is 1.21. The normalized spacial score (nSPS) is 9.65. The fourth-order valence-corrected chi connectivity index (χ4v) is 1.47. The quantitative estimate of drug-likeness (QED) is 0.848. The van der Waals surface area contributed by atoms with Gasteiger partial charge in [0.1, 0.15) is 11.9 Å². The number of nitrogens with two attached hydrogens (primary N) is 1. The molecule has 1 aromatic carbocycles. The highest BCUT2D eigenvalue weighted by atomic mass is 35.5. The van der Waals surface area contributed by atoms with Gasteiger partial charge in [0.2, 0.25) is 0 Å². The van der Waals surface area contributed by atoms with Gasteiger partial charge >= 0.3 is 0 Å². The maximum Gasteiger partial charge on any atom is 0.151 e. The molecule has 1 heterocycles. The Morgan fingerprint density at radius 3 is 2.88 bits per heavy atom. The molecule has 0 spiro atoms. The van der Waals surface area contributed by atoms with Gasteiger partial charge in [-0.05, 0) is 18.2 Å². The number of nitrogen functional groups attached to an aromatic ring is 1. The molecule has 0 aliphatic heterocycles. The summed E-state index contributed by atoms with van der Waals surface area (Å²) in [5.74, 6) is 0.763. The largest absolute Gasteiger partial charge is 0.382 e. The molecule has 0 fully saturated rings. The zero-order valence-corrected chi connectivity index (χ0v) is 9.44. The molecule has 0 aliphatic rings. The van der Waals surface area contributed by atoms with Crippen LogP contribution in [0, 0.1) is 11.3 Å². The fourth-order valence-electron chi connectivity index (χ4n) is 1.30. The molecule has 0 atom stereocenters. The third kappa shape index (κ3) is 2.62. The van der Waals surface area contributed by atoms with Gasteiger partial charge in [0, 0.05) is 5.02 Å². The Hall–Kier alpha value is -2.32. The molecule has 2 rings (SSSR count). The van der Waals surface area contributed by atoms with Crippen molar-refractivity contribution in [3.63, 3.8) is 0 Å². The van der Waals surface area contributed by atoms with E-state index in [4.69, 9.17) is 22.6 Å². The number of nitrogens with zero attached hydrogens (tertiary/aromatic N) is 3. The van der Waals surface area contributed by atoms with E-state index in [0.717, 1.165) is 0 Å². The predicted octanol–water partition coefficient (Wildman–Crippen LogP) is 2.33. The number of hydrogen-bond donors (Lipinski definition) is 2. The highest BCUT2D eigenvalue weighted by Gasteiger charge is 2.04. The van der Waals surface area contributed by atoms with Gasteiger partial charge in [0.05, 0.1) is 23.6 Å². The number of hydrogen-bond acceptors (Lipinski definition) is 5. The Labute approximate surface area is 103 Å². The van der Waals surface area contributed by atoms with E-state index in [2.05, 4.69) is 21.4 Å². The van der Waals surface area contributed by atoms with Crippen molar-refractivity contribution < 1.29 is 0 Å². The summed E-state index contributed by atoms with van der Waals surface area (Å²) in [6.07, 6.45) is 2.95. The first-order valence-electron chi connectivity index (χ1n) is 4.73. The molecule has 6 heteroatoms. The highest BCUT2D eigenvalue weighted by Crippen LogP contribution is 2.23. The summed E-state index contributed by atoms with van der Waals surface area (Å²) in [5, 5.41) is 12.4. The number of benzene rings is 1. The second-order valence-electron chi connectivity index (χ2n) is 3.26. The van der Waals surface area contributed by atoms with Crippen LogP contribution in [0.5, 0.6) is 0 Å². The second kappa shape index (κ2) is 4.68. The molecule has 0 unspecified atom stereocenters. The van der Waals surface area contributed by atoms with Crippen LogP contribution in [0.25, 0.3) is 0 Å². The van der Waals surface area contributed by atoms with Crippen molar-refractivity contribution in [2.24, 2.45) is 0 Å². The van der Waals surface area contributed by atoms with E-state index in [-0.39, 0.29) is 0 Å². The molecule has 0 radical (unpaired) electrons. The Morgan fingerprint density at radius 1 is 1.35 bits per heavy atom. The molecule has 84 valence electrons. The lowest BCUT2D eigenvalue weighted by Crippen LogP contribution is -1.99. The van der Waals surface area contributed by atoms with E-state index in [0.29, 0.717) is 27.9 Å². The van der Waals surface area contributed by atoms with Crippen LogP contribution in [0.3, 0.4) is 0 Å². The number of rotatable bonds is 2. The second-order valence-corrected chi connectivity index (χ2v) is 3.69. The number of anilines is 3. The van der Waals surface area contributed by atoms with E-state index in [1.165, 1.54) is 12.4 Å². The Morgan fingerprint density at radius 2 is 2.18 bits per heavy atom. The summed E-state index contributed by atoms with van der Waals surface area (Å²) >= 11 is 5.86. The molecule has 1 aromatic heterocycles. The fraction of sp³-hybridized carbons (Fsp3) is 0. The van der Waals surface area contributed by atoms with Gasteiger partial charge < -0.3 is 11.1 Å². The molecular formula is C11H8ClN5. The van der Waals surface area contributed by atoms with Crippen molar-refractivity contribution in [2.75, 3.05) is 11.1 Å². The monoisotopic (exact) mass is 245 g/mol. The van der Waals surface area contributed by atoms with Gasteiger partial charge in [-0.1, -0.05) is 11.6 Å². The minimum absolute atomic E-state index is 0.301. The predicted molar refractivity (Wildman–Crippen MR) is 65.9 cm³/mol. The molecule has 0 saturated carbocycles. The summed E-state index contributed by atoms with van der Waals surface area (Å²) in [5.41, 5.74) is 6.55. The van der Waals surface area contributed by atoms with E-state index in [1.54, 1.807) is 18.2 Å². The molecule has 2 aromatic rings. The average molecular weight is 246 g/mol. The van der Waals surface area contributed by atoms with Crippen LogP contribution in [0.1, 0.15) is 5.56 Å². The van der Waals surface area contributed by atoms with Crippen molar-refractivity contribution in [1.82, 2.24) is 9.97 Å². The van der Waals surface area contributed by atoms with Crippen molar-refractivity contribution in [3.8, 4) is 6.07 Å². The third-order valence-corrected chi connectivity index (χ3v) is 2.25. The molecule has 3 N–H and O–H groups in total. The van der Waals surface area contributed by atoms with E-state index in [9.17, 15) is 0 Å². The van der Waals surface area contributed by atoms with Crippen LogP contribution in [0.2, 0.25) is 5.02 Å². The van der Waals surface area contributed by atoms with Crippen molar-refractivity contribution >= 4 is 28.9 Å². The standard InChI is InChI=1S/C11H8ClN5/c12-8-2-1-7(4-13)9(3-8)16-11-6-15-5-10(14)17-11/h1-3,5-6H,(H3,14,16,17). The lowest BCUT2D eigenvalue weighted by Gasteiger charge is -2.07. The smallest absolute Gasteiger partial charge is 0.151 e. The van der Waals surface area contributed by atoms with Crippen molar-refractivity contribution in [1.29, 1.82) is 5.26 Å². The molecule has 5 nitrogen and oxygen atoms in total. The third-order valence-electron chi connectivity index (χ3n) is 2.02. The topological polar surface area (TPSA) is 87.6 Å². The van der Waals surface area contributed by atoms with Gasteiger partial charge in [-0.3, -0.25) is 4.98 Å². The first kappa shape index (κ1) is 11.2. The number of nitrogens with one attached hydrogen (secondary N) is 1. The van der Waals surface area contributed by atoms with Crippen LogP contribution < -0.4 is 11.1 Å². The Bertz CT molecular complexity index is 591. The van der Waals surface area contributed by atoms with Crippen LogP contribution in [-0.2, 0) is 0 Å². The summed E-state index contributed by atoms with van der Waals surface area (Å²) in [6, 6.07) is 6.98. The molecule has 0 saturated heterocycles. The van der Waals surface area contributed by atoms with Gasteiger partial charge in [0.15, 0.2) is 5.82 Å². The minimum Gasteiger partial charge on any atom is -0.382 e. The molecule has 0 amide bonds. The van der Waals surface area contributed by atoms with Crippen LogP contribution in [0.4, 0.5) is 17.3 Å². The molecule has 17 heavy (non-hydrogen) atoms. The maximum absolute atomic E-state index is 8.95. The SMILES string of the molecule is N#Cc1ccc(Cl)cc1Nc1cncc(N)n1. The van der Waals surface area contributed by atoms with Crippen molar-refractivity contribution in [2.45, 2.75) is 0 Å². The highest BCUT2D eigenvalue weighted by molar-refractivity contribution is 6.30. The summed E-state index contributed by atoms with van der Waals surface area (Å²) < 4.78 is 0. The number of nitriles is 1. The van der Waals surface area contributed by atoms with Gasteiger partial charge in [-0.25, -0.2) is 4.98 Å². The molecular weight excluding hydrogens is 238 g/mol. The number of aromatic nitrogens is 2. The van der Waals surface area contributed by atoms with Crippen LogP contribution >= 0.6 is 11.6 Å². The first-order chi connectivity index (χ1) is 8.19. The van der Waals surface area contributed by atoms with E-state index in [1.807, 2.05) is 0 Å². The van der Waals surface area contributed by atoms with E-state index < -0.39 is 0 Å². The first-order valence-corrected chi connectivity index (χ1v) is 5.11. The van der Waals surface area contributed by atoms with Gasteiger partial charge in [-0.15, -0.1) is 0 Å². The Balaban J connectivity index is 2.36. The molecule has 0 aliphatic carbocycles. The lowest BCUT2D eigenvalue weighted by atomic mass is 10.2. The Kier molecular flexibility index (Phi) is 3.08. The zero-order valence-electron chi connectivity index (χ0n) is 8.68. The van der Waals surface area contributed by atoms with Gasteiger partial charge in [-0.2, -0.15) is 5.26 Å². The summed E-state index contributed by atoms with van der Waals surface area (Å²) in [7, 11) is 0. The summed E-state index contributed by atoms with van der Waals surface area (Å²) in [4.78, 5) is 7.92. The van der Waals surface area contributed by atoms with Gasteiger partial charge in [0.25, 0.3) is 0 Å². The minimum atomic E-state index is 0.301. The maximum atomic E-state index is 8.95. The van der Waals surface area contributed by atoms with Crippen LogP contribution in [0.15, 0.2) is 30.6 Å². The van der Waals surface area contributed by atoms with Crippen molar-refractivity contribution in [3.05, 3.63) is 41.2 Å². The summed E-state index contributed by atoms with van der Waals surface area (Å²) in [6.45, 7) is 0. The average Bonchev–Trinajstić information content (AvgIpc) is 2.29. The van der Waals surface area contributed by atoms with E-state index >= 15 is 0 Å².